The molecule has 0 fully saturated rings. The average Bonchev–Trinajstić information content (AvgIpc) is 3.12. The topological polar surface area (TPSA) is 90.2 Å². The summed E-state index contributed by atoms with van der Waals surface area (Å²) in [6.45, 7) is 3.73. The normalized spacial score (nSPS) is 10.6. The Kier molecular flexibility index (Phi) is 4.26. The molecule has 0 bridgehead atoms. The van der Waals surface area contributed by atoms with Crippen LogP contribution >= 0.6 is 22.9 Å². The number of benzene rings is 1. The van der Waals surface area contributed by atoms with Crippen molar-refractivity contribution in [3.05, 3.63) is 34.7 Å². The molecule has 0 amide bonds. The quantitative estimate of drug-likeness (QED) is 0.444. The van der Waals surface area contributed by atoms with Crippen LogP contribution in [0.5, 0.6) is 5.95 Å². The molecule has 0 saturated heterocycles. The van der Waals surface area contributed by atoms with E-state index in [4.69, 9.17) is 16.1 Å². The maximum absolute atomic E-state index is 12.0. The summed E-state index contributed by atoms with van der Waals surface area (Å²) in [5.41, 5.74) is 5.05. The second kappa shape index (κ2) is 6.35. The van der Waals surface area contributed by atoms with E-state index in [1.54, 1.807) is 29.6 Å². The van der Waals surface area contributed by atoms with E-state index in [0.29, 0.717) is 21.5 Å². The van der Waals surface area contributed by atoms with Crippen molar-refractivity contribution in [1.29, 1.82) is 0 Å². The monoisotopic (exact) mass is 349 g/mol. The van der Waals surface area contributed by atoms with E-state index >= 15 is 0 Å². The lowest BCUT2D eigenvalue weighted by Gasteiger charge is -1.96. The second-order valence-corrected chi connectivity index (χ2v) is 6.10. The number of aromatic nitrogens is 3. The van der Waals surface area contributed by atoms with Crippen LogP contribution in [-0.4, -0.2) is 16.0 Å². The number of hydrazone groups is 1. The molecule has 118 valence electrons. The molecule has 9 heteroatoms. The number of nitrogens with one attached hydrogen (secondary N) is 1. The van der Waals surface area contributed by atoms with Crippen molar-refractivity contribution in [2.24, 2.45) is 5.10 Å². The summed E-state index contributed by atoms with van der Waals surface area (Å²) in [5, 5.41) is 22.8. The fourth-order valence-electron chi connectivity index (χ4n) is 1.81. The lowest BCUT2D eigenvalue weighted by atomic mass is 10.3. The number of hydrogen-bond donors (Lipinski definition) is 1. The number of hydrogen-bond acceptors (Lipinski definition) is 7. The van der Waals surface area contributed by atoms with Crippen LogP contribution in [0.1, 0.15) is 13.8 Å². The van der Waals surface area contributed by atoms with Crippen LogP contribution in [0, 0.1) is 0 Å². The summed E-state index contributed by atoms with van der Waals surface area (Å²) in [7, 11) is 0. The van der Waals surface area contributed by atoms with E-state index in [0.717, 1.165) is 5.71 Å². The highest BCUT2D eigenvalue weighted by Crippen LogP contribution is 2.28. The van der Waals surface area contributed by atoms with Gasteiger partial charge in [-0.2, -0.15) is 5.10 Å². The Morgan fingerprint density at radius 3 is 2.78 bits per heavy atom. The molecule has 3 rings (SSSR count). The molecule has 3 aromatic rings. The third kappa shape index (κ3) is 3.33. The minimum atomic E-state index is -0.563. The average molecular weight is 350 g/mol. The molecule has 2 heterocycles. The summed E-state index contributed by atoms with van der Waals surface area (Å²) >= 11 is 7.21. The second-order valence-electron chi connectivity index (χ2n) is 4.81. The molecule has 0 aliphatic carbocycles. The van der Waals surface area contributed by atoms with E-state index in [9.17, 15) is 5.11 Å². The first-order valence-corrected chi connectivity index (χ1v) is 7.88. The Hall–Kier alpha value is -2.45. The van der Waals surface area contributed by atoms with E-state index in [-0.39, 0.29) is 5.69 Å². The third-order valence-corrected chi connectivity index (χ3v) is 3.80. The highest BCUT2D eigenvalue weighted by Gasteiger charge is 2.24. The molecule has 2 aromatic heterocycles. The van der Waals surface area contributed by atoms with E-state index in [1.165, 1.54) is 16.0 Å². The maximum atomic E-state index is 12.0. The van der Waals surface area contributed by atoms with Crippen LogP contribution in [-0.2, 0) is 0 Å². The number of halogens is 1. The van der Waals surface area contributed by atoms with Gasteiger partial charge in [0.2, 0.25) is 10.8 Å². The van der Waals surface area contributed by atoms with Crippen molar-refractivity contribution in [2.75, 3.05) is 5.43 Å². The van der Waals surface area contributed by atoms with Gasteiger partial charge in [-0.05, 0) is 30.7 Å². The predicted molar refractivity (Wildman–Crippen MR) is 86.0 cm³/mol. The van der Waals surface area contributed by atoms with Crippen LogP contribution in [0.3, 0.4) is 0 Å². The van der Waals surface area contributed by atoms with Gasteiger partial charge in [-0.25, -0.2) is 4.98 Å². The molecule has 0 aliphatic heterocycles. The van der Waals surface area contributed by atoms with Crippen molar-refractivity contribution in [3.63, 3.8) is 0 Å². The highest BCUT2D eigenvalue weighted by molar-refractivity contribution is 7.14. The van der Waals surface area contributed by atoms with Gasteiger partial charge in [0.15, 0.2) is 11.6 Å². The van der Waals surface area contributed by atoms with Gasteiger partial charge in [-0.1, -0.05) is 11.6 Å². The first kappa shape index (κ1) is 15.4. The fourth-order valence-corrected chi connectivity index (χ4v) is 2.58. The van der Waals surface area contributed by atoms with Gasteiger partial charge in [0.1, 0.15) is 0 Å². The van der Waals surface area contributed by atoms with Crippen molar-refractivity contribution in [3.8, 4) is 23.0 Å². The molecule has 0 saturated carbocycles. The Morgan fingerprint density at radius 1 is 1.35 bits per heavy atom. The Labute approximate surface area is 140 Å². The Bertz CT molecular complexity index is 852. The van der Waals surface area contributed by atoms with Gasteiger partial charge in [0.25, 0.3) is 5.69 Å². The SMILES string of the molecule is CC(C)=NNc1nc(-c2c([O-])on[n+]2-c2ccc(Cl)cc2)cs1. The van der Waals surface area contributed by atoms with Crippen LogP contribution in [0.4, 0.5) is 5.13 Å². The van der Waals surface area contributed by atoms with Gasteiger partial charge in [0.05, 0.1) is 5.27 Å². The first-order chi connectivity index (χ1) is 11.0. The van der Waals surface area contributed by atoms with Crippen molar-refractivity contribution >= 4 is 33.8 Å². The third-order valence-electron chi connectivity index (χ3n) is 2.80. The molecule has 0 atom stereocenters. The van der Waals surface area contributed by atoms with Crippen LogP contribution in [0.2, 0.25) is 5.02 Å². The Balaban J connectivity index is 1.99. The molecule has 0 aliphatic rings. The number of rotatable bonds is 4. The van der Waals surface area contributed by atoms with Crippen LogP contribution < -0.4 is 15.2 Å². The van der Waals surface area contributed by atoms with Crippen molar-refractivity contribution in [2.45, 2.75) is 13.8 Å². The zero-order chi connectivity index (χ0) is 16.4. The molecule has 1 N–H and O–H groups in total. The first-order valence-electron chi connectivity index (χ1n) is 6.62. The lowest BCUT2D eigenvalue weighted by Crippen LogP contribution is -2.34. The van der Waals surface area contributed by atoms with Gasteiger partial charge < -0.3 is 9.63 Å². The summed E-state index contributed by atoms with van der Waals surface area (Å²) in [4.78, 5) is 4.34. The van der Waals surface area contributed by atoms with E-state index in [1.807, 2.05) is 13.8 Å². The number of nitrogens with zero attached hydrogens (tertiary/aromatic N) is 4. The van der Waals surface area contributed by atoms with E-state index < -0.39 is 5.95 Å². The largest absolute Gasteiger partial charge is 0.539 e. The summed E-state index contributed by atoms with van der Waals surface area (Å²) in [5.74, 6) is -0.563. The summed E-state index contributed by atoms with van der Waals surface area (Å²) in [6, 6.07) is 6.90. The standard InChI is InChI=1S/C14H12ClN5O2S/c1-8(2)17-18-14-16-11(7-23-14)12-13(21)22-19-20(12)10-5-3-9(15)4-6-10/h3-7H,1-2H3,(H-,16,18,19,21). The van der Waals surface area contributed by atoms with E-state index in [2.05, 4.69) is 20.8 Å². The highest BCUT2D eigenvalue weighted by atomic mass is 35.5. The zero-order valence-electron chi connectivity index (χ0n) is 12.3. The van der Waals surface area contributed by atoms with Crippen molar-refractivity contribution in [1.82, 2.24) is 10.3 Å². The number of thiazole rings is 1. The van der Waals surface area contributed by atoms with Gasteiger partial charge in [-0.3, -0.25) is 5.43 Å². The maximum Gasteiger partial charge on any atom is 0.289 e. The molecule has 0 radical (unpaired) electrons. The van der Waals surface area contributed by atoms with Gasteiger partial charge >= 0.3 is 0 Å². The minimum Gasteiger partial charge on any atom is -0.539 e. The Morgan fingerprint density at radius 2 is 2.09 bits per heavy atom. The van der Waals surface area contributed by atoms with Gasteiger partial charge in [-0.15, -0.1) is 11.3 Å². The smallest absolute Gasteiger partial charge is 0.289 e. The molecule has 0 spiro atoms. The van der Waals surface area contributed by atoms with Crippen molar-refractivity contribution < 1.29 is 14.3 Å². The summed E-state index contributed by atoms with van der Waals surface area (Å²) in [6.07, 6.45) is 0. The molecule has 7 nitrogen and oxygen atoms in total. The van der Waals surface area contributed by atoms with Crippen LogP contribution in [0.25, 0.3) is 17.1 Å². The predicted octanol–water partition coefficient (Wildman–Crippen LogP) is 2.61. The molecule has 0 unspecified atom stereocenters. The van der Waals surface area contributed by atoms with Crippen LogP contribution in [0.15, 0.2) is 39.3 Å². The minimum absolute atomic E-state index is 0.244. The number of anilines is 1. The molecule has 1 aromatic carbocycles. The zero-order valence-corrected chi connectivity index (χ0v) is 13.9. The fraction of sp³-hybridized carbons (Fsp3) is 0.143. The van der Waals surface area contributed by atoms with Gasteiger partial charge in [0, 0.05) is 28.2 Å². The molecule has 23 heavy (non-hydrogen) atoms. The molecular weight excluding hydrogens is 338 g/mol. The molecular formula is C14H12ClN5O2S. The summed E-state index contributed by atoms with van der Waals surface area (Å²) < 4.78 is 6.18. The lowest BCUT2D eigenvalue weighted by molar-refractivity contribution is -0.660.